The fourth-order valence-corrected chi connectivity index (χ4v) is 2.36. The van der Waals surface area contributed by atoms with Gasteiger partial charge in [-0.2, -0.15) is 0 Å². The monoisotopic (exact) mass is 182 g/mol. The Morgan fingerprint density at radius 3 is 2.15 bits per heavy atom. The minimum Gasteiger partial charge on any atom is -0.301 e. The van der Waals surface area contributed by atoms with Gasteiger partial charge in [0.25, 0.3) is 0 Å². The van der Waals surface area contributed by atoms with Gasteiger partial charge in [0, 0.05) is 19.6 Å². The van der Waals surface area contributed by atoms with Crippen LogP contribution in [0.1, 0.15) is 26.7 Å². The molecule has 2 atom stereocenters. The van der Waals surface area contributed by atoms with E-state index in [9.17, 15) is 0 Å². The average Bonchev–Trinajstić information content (AvgIpc) is 2.57. The van der Waals surface area contributed by atoms with Gasteiger partial charge in [-0.05, 0) is 18.6 Å². The van der Waals surface area contributed by atoms with E-state index in [0.29, 0.717) is 0 Å². The number of aliphatic imine (C=N–C) groups is 1. The second-order valence-electron chi connectivity index (χ2n) is 4.04. The van der Waals surface area contributed by atoms with Crippen molar-refractivity contribution in [2.24, 2.45) is 16.8 Å². The molecule has 1 fully saturated rings. The van der Waals surface area contributed by atoms with E-state index in [0.717, 1.165) is 24.9 Å². The van der Waals surface area contributed by atoms with Crippen LogP contribution in [0.15, 0.2) is 4.99 Å². The normalized spacial score (nSPS) is 29.4. The molecule has 0 spiro atoms. The number of hydrogen-bond donors (Lipinski definition) is 0. The summed E-state index contributed by atoms with van der Waals surface area (Å²) in [4.78, 5) is 6.45. The zero-order valence-corrected chi connectivity index (χ0v) is 9.00. The van der Waals surface area contributed by atoms with Gasteiger partial charge < -0.3 is 4.90 Å². The molecule has 1 aliphatic heterocycles. The van der Waals surface area contributed by atoms with Crippen LogP contribution in [0.3, 0.4) is 0 Å². The lowest BCUT2D eigenvalue weighted by Gasteiger charge is -2.13. The van der Waals surface area contributed by atoms with Gasteiger partial charge in [0.15, 0.2) is 0 Å². The van der Waals surface area contributed by atoms with Crippen LogP contribution in [0, 0.1) is 11.8 Å². The van der Waals surface area contributed by atoms with Crippen LogP contribution in [0.2, 0.25) is 0 Å². The molecule has 1 rings (SSSR count). The quantitative estimate of drug-likeness (QED) is 0.594. The van der Waals surface area contributed by atoms with E-state index in [2.05, 4.69) is 30.5 Å². The van der Waals surface area contributed by atoms with Gasteiger partial charge in [-0.25, -0.2) is 0 Å². The molecule has 13 heavy (non-hydrogen) atoms. The predicted octanol–water partition coefficient (Wildman–Crippen LogP) is 2.06. The Kier molecular flexibility index (Phi) is 4.43. The zero-order chi connectivity index (χ0) is 9.68. The summed E-state index contributed by atoms with van der Waals surface area (Å²) in [5.41, 5.74) is 0. The molecule has 0 radical (unpaired) electrons. The summed E-state index contributed by atoms with van der Waals surface area (Å²) in [7, 11) is 0. The molecular weight excluding hydrogens is 160 g/mol. The molecule has 0 amide bonds. The zero-order valence-electron chi connectivity index (χ0n) is 9.00. The minimum atomic E-state index is 0.896. The highest BCUT2D eigenvalue weighted by Gasteiger charge is 2.29. The van der Waals surface area contributed by atoms with Crippen molar-refractivity contribution in [3.05, 3.63) is 0 Å². The number of nitrogens with zero attached hydrogens (tertiary/aromatic N) is 2. The molecule has 1 aliphatic rings. The smallest absolute Gasteiger partial charge is 0.0509 e. The molecule has 0 aromatic carbocycles. The Hall–Kier alpha value is -0.370. The third kappa shape index (κ3) is 2.80. The van der Waals surface area contributed by atoms with Gasteiger partial charge >= 0.3 is 0 Å². The summed E-state index contributed by atoms with van der Waals surface area (Å²) < 4.78 is 0. The van der Waals surface area contributed by atoms with Crippen molar-refractivity contribution in [3.8, 4) is 0 Å². The van der Waals surface area contributed by atoms with Crippen LogP contribution in [-0.2, 0) is 0 Å². The maximum atomic E-state index is 3.91. The van der Waals surface area contributed by atoms with E-state index in [4.69, 9.17) is 0 Å². The van der Waals surface area contributed by atoms with Crippen molar-refractivity contribution in [2.75, 3.05) is 26.2 Å². The summed E-state index contributed by atoms with van der Waals surface area (Å²) in [6.07, 6.45) is 2.66. The molecule has 0 aromatic heterocycles. The molecule has 2 unspecified atom stereocenters. The summed E-state index contributed by atoms with van der Waals surface area (Å²) >= 11 is 0. The average molecular weight is 182 g/mol. The van der Waals surface area contributed by atoms with Gasteiger partial charge in [0.2, 0.25) is 0 Å². The summed E-state index contributed by atoms with van der Waals surface area (Å²) in [5.74, 6) is 1.85. The molecular formula is C11H22N2. The maximum absolute atomic E-state index is 3.91. The van der Waals surface area contributed by atoms with Crippen LogP contribution in [0.4, 0.5) is 0 Å². The van der Waals surface area contributed by atoms with Crippen LogP contribution in [0.5, 0.6) is 0 Å². The molecule has 2 nitrogen and oxygen atoms in total. The second-order valence-corrected chi connectivity index (χ2v) is 4.04. The standard InChI is InChI=1S/C11H22N2/c1-4-10-8-13(7-6-12-3)9-11(10)5-2/h10-11H,3-9H2,1-2H3. The van der Waals surface area contributed by atoms with E-state index in [1.165, 1.54) is 25.9 Å². The van der Waals surface area contributed by atoms with Crippen LogP contribution in [0.25, 0.3) is 0 Å². The van der Waals surface area contributed by atoms with Gasteiger partial charge in [-0.15, -0.1) is 0 Å². The molecule has 0 N–H and O–H groups in total. The largest absolute Gasteiger partial charge is 0.301 e. The molecule has 0 bridgehead atoms. The van der Waals surface area contributed by atoms with Crippen molar-refractivity contribution >= 4 is 6.72 Å². The molecule has 1 heterocycles. The highest BCUT2D eigenvalue weighted by atomic mass is 15.2. The maximum Gasteiger partial charge on any atom is 0.0509 e. The highest BCUT2D eigenvalue weighted by molar-refractivity contribution is 5.23. The Balaban J connectivity index is 2.33. The first-order valence-corrected chi connectivity index (χ1v) is 5.46. The van der Waals surface area contributed by atoms with Gasteiger partial charge in [0.1, 0.15) is 0 Å². The summed E-state index contributed by atoms with van der Waals surface area (Å²) in [6, 6.07) is 0. The third-order valence-corrected chi connectivity index (χ3v) is 3.28. The molecule has 76 valence electrons. The highest BCUT2D eigenvalue weighted by Crippen LogP contribution is 2.27. The number of hydrogen-bond acceptors (Lipinski definition) is 2. The van der Waals surface area contributed by atoms with Crippen LogP contribution in [-0.4, -0.2) is 37.8 Å². The van der Waals surface area contributed by atoms with E-state index in [1.54, 1.807) is 0 Å². The van der Waals surface area contributed by atoms with E-state index in [-0.39, 0.29) is 0 Å². The molecule has 0 aliphatic carbocycles. The Labute approximate surface area is 82.0 Å². The minimum absolute atomic E-state index is 0.896. The van der Waals surface area contributed by atoms with Gasteiger partial charge in [0.05, 0.1) is 6.54 Å². The molecule has 2 heteroatoms. The fourth-order valence-electron chi connectivity index (χ4n) is 2.36. The number of likely N-dealkylation sites (tertiary alicyclic amines) is 1. The first kappa shape index (κ1) is 10.7. The van der Waals surface area contributed by atoms with Crippen molar-refractivity contribution in [3.63, 3.8) is 0 Å². The summed E-state index contributed by atoms with van der Waals surface area (Å²) in [6.45, 7) is 12.7. The van der Waals surface area contributed by atoms with Crippen molar-refractivity contribution in [2.45, 2.75) is 26.7 Å². The van der Waals surface area contributed by atoms with E-state index >= 15 is 0 Å². The third-order valence-electron chi connectivity index (χ3n) is 3.28. The number of rotatable bonds is 5. The lowest BCUT2D eigenvalue weighted by atomic mass is 9.92. The first-order chi connectivity index (χ1) is 6.31. The SMILES string of the molecule is C=NCCN1CC(CC)C(CC)C1. The van der Waals surface area contributed by atoms with E-state index in [1.807, 2.05) is 0 Å². The predicted molar refractivity (Wildman–Crippen MR) is 58.4 cm³/mol. The Morgan fingerprint density at radius 1 is 1.23 bits per heavy atom. The fraction of sp³-hybridized carbons (Fsp3) is 0.909. The molecule has 0 saturated carbocycles. The van der Waals surface area contributed by atoms with Crippen molar-refractivity contribution < 1.29 is 0 Å². The Morgan fingerprint density at radius 2 is 1.77 bits per heavy atom. The van der Waals surface area contributed by atoms with Crippen LogP contribution >= 0.6 is 0 Å². The second kappa shape index (κ2) is 5.38. The summed E-state index contributed by atoms with van der Waals surface area (Å²) in [5, 5.41) is 0. The van der Waals surface area contributed by atoms with Gasteiger partial charge in [-0.3, -0.25) is 4.99 Å². The van der Waals surface area contributed by atoms with Crippen molar-refractivity contribution in [1.82, 2.24) is 4.90 Å². The first-order valence-electron chi connectivity index (χ1n) is 5.46. The van der Waals surface area contributed by atoms with Gasteiger partial charge in [-0.1, -0.05) is 26.7 Å². The lowest BCUT2D eigenvalue weighted by Crippen LogP contribution is -2.23. The van der Waals surface area contributed by atoms with Crippen LogP contribution < -0.4 is 0 Å². The molecule has 0 aromatic rings. The lowest BCUT2D eigenvalue weighted by molar-refractivity contribution is 0.329. The molecule has 1 saturated heterocycles. The van der Waals surface area contributed by atoms with E-state index < -0.39 is 0 Å². The Bertz CT molecular complexity index is 144. The topological polar surface area (TPSA) is 15.6 Å². The van der Waals surface area contributed by atoms with Crippen molar-refractivity contribution in [1.29, 1.82) is 0 Å².